The topological polar surface area (TPSA) is 59.0 Å². The summed E-state index contributed by atoms with van der Waals surface area (Å²) in [6, 6.07) is 15.7. The third-order valence-corrected chi connectivity index (χ3v) is 3.17. The fourth-order valence-corrected chi connectivity index (χ4v) is 2.17. The van der Waals surface area contributed by atoms with E-state index < -0.39 is 18.3 Å². The zero-order valence-corrected chi connectivity index (χ0v) is 13.6. The molecule has 0 aliphatic heterocycles. The first-order valence-electron chi connectivity index (χ1n) is 7.10. The molecule has 2 unspecified atom stereocenters. The Hall–Kier alpha value is -2.24. The molecule has 2 aromatic carbocycles. The summed E-state index contributed by atoms with van der Waals surface area (Å²) in [4.78, 5) is 16.7. The van der Waals surface area contributed by atoms with Crippen LogP contribution in [-0.2, 0) is 9.63 Å². The minimum atomic E-state index is -0.937. The third kappa shape index (κ3) is 4.87. The summed E-state index contributed by atoms with van der Waals surface area (Å²) in [5, 5.41) is 11.8. The van der Waals surface area contributed by atoms with Gasteiger partial charge in [0.15, 0.2) is 0 Å². The molecule has 2 atom stereocenters. The molecule has 0 heterocycles. The number of rotatable bonds is 6. The lowest BCUT2D eigenvalue weighted by molar-refractivity contribution is -0.148. The summed E-state index contributed by atoms with van der Waals surface area (Å²) in [5.74, 6) is -0.0642. The minimum Gasteiger partial charge on any atom is -0.465 e. The maximum absolute atomic E-state index is 11.4. The predicted molar refractivity (Wildman–Crippen MR) is 88.2 cm³/mol. The molecule has 6 heteroatoms. The third-order valence-electron chi connectivity index (χ3n) is 2.93. The van der Waals surface area contributed by atoms with Crippen LogP contribution in [0.5, 0.6) is 5.75 Å². The van der Waals surface area contributed by atoms with E-state index in [0.29, 0.717) is 16.5 Å². The molecule has 0 saturated carbocycles. The molecule has 2 aromatic rings. The first kappa shape index (κ1) is 17.1. The number of hydroxylamine groups is 1. The highest BCUT2D eigenvalue weighted by atomic mass is 35.5. The number of aliphatic hydroxyl groups excluding tert-OH is 1. The van der Waals surface area contributed by atoms with Gasteiger partial charge in [-0.2, -0.15) is 5.06 Å². The molecule has 2 rings (SSSR count). The lowest BCUT2D eigenvalue weighted by Crippen LogP contribution is -2.47. The lowest BCUT2D eigenvalue weighted by Gasteiger charge is -2.33. The molecule has 0 amide bonds. The minimum absolute atomic E-state index is 0.455. The predicted octanol–water partition coefficient (Wildman–Crippen LogP) is 3.41. The molecule has 23 heavy (non-hydrogen) atoms. The van der Waals surface area contributed by atoms with E-state index in [-0.39, 0.29) is 0 Å². The number of anilines is 1. The average Bonchev–Trinajstić information content (AvgIpc) is 2.51. The van der Waals surface area contributed by atoms with Crippen molar-refractivity contribution in [3.8, 4) is 5.75 Å². The van der Waals surface area contributed by atoms with Gasteiger partial charge in [0.1, 0.15) is 11.9 Å². The van der Waals surface area contributed by atoms with Crippen LogP contribution in [0.1, 0.15) is 13.8 Å². The van der Waals surface area contributed by atoms with E-state index in [9.17, 15) is 9.90 Å². The molecule has 0 spiro atoms. The van der Waals surface area contributed by atoms with Crippen LogP contribution in [0.15, 0.2) is 54.6 Å². The number of halogens is 1. The zero-order valence-electron chi connectivity index (χ0n) is 12.8. The highest BCUT2D eigenvalue weighted by molar-refractivity contribution is 6.30. The summed E-state index contributed by atoms with van der Waals surface area (Å²) >= 11 is 5.95. The lowest BCUT2D eigenvalue weighted by atomic mass is 10.2. The summed E-state index contributed by atoms with van der Waals surface area (Å²) < 4.78 is 5.79. The second-order valence-electron chi connectivity index (χ2n) is 4.95. The number of ether oxygens (including phenoxy) is 1. The van der Waals surface area contributed by atoms with Crippen LogP contribution < -0.4 is 9.80 Å². The summed E-state index contributed by atoms with van der Waals surface area (Å²) in [5.41, 5.74) is 0.579. The highest BCUT2D eigenvalue weighted by Crippen LogP contribution is 2.24. The number of hydrogen-bond donors (Lipinski definition) is 1. The number of carbonyl (C=O) groups excluding carboxylic acids is 1. The van der Waals surface area contributed by atoms with Crippen molar-refractivity contribution in [1.29, 1.82) is 0 Å². The van der Waals surface area contributed by atoms with Crippen LogP contribution in [0, 0.1) is 0 Å². The molecule has 0 bridgehead atoms. The van der Waals surface area contributed by atoms with Gasteiger partial charge in [-0.25, -0.2) is 0 Å². The Kier molecular flexibility index (Phi) is 5.84. The molecule has 0 aliphatic rings. The maximum atomic E-state index is 11.4. The van der Waals surface area contributed by atoms with Crippen molar-refractivity contribution < 1.29 is 19.5 Å². The number of nitrogens with zero attached hydrogens (tertiary/aromatic N) is 1. The molecular weight excluding hydrogens is 318 g/mol. The molecule has 0 saturated heterocycles. The number of benzene rings is 2. The smallest absolute Gasteiger partial charge is 0.329 e. The van der Waals surface area contributed by atoms with E-state index in [4.69, 9.17) is 21.2 Å². The van der Waals surface area contributed by atoms with E-state index in [0.717, 1.165) is 0 Å². The first-order chi connectivity index (χ1) is 11.0. The van der Waals surface area contributed by atoms with Crippen LogP contribution in [0.3, 0.4) is 0 Å². The van der Waals surface area contributed by atoms with E-state index in [1.807, 2.05) is 6.07 Å². The molecule has 0 fully saturated rings. The zero-order chi connectivity index (χ0) is 16.8. The SMILES string of the molecule is CC(=O)ON(c1ccccc1)C(Oc1cccc(Cl)c1)C(C)O. The van der Waals surface area contributed by atoms with Crippen molar-refractivity contribution in [2.24, 2.45) is 0 Å². The number of carbonyl (C=O) groups is 1. The molecule has 0 aromatic heterocycles. The van der Waals surface area contributed by atoms with E-state index in [1.165, 1.54) is 12.0 Å². The summed E-state index contributed by atoms with van der Waals surface area (Å²) in [7, 11) is 0. The Balaban J connectivity index is 2.32. The molecule has 1 N–H and O–H groups in total. The Morgan fingerprint density at radius 3 is 2.43 bits per heavy atom. The first-order valence-corrected chi connectivity index (χ1v) is 7.48. The van der Waals surface area contributed by atoms with Gasteiger partial charge in [0.2, 0.25) is 6.23 Å². The molecule has 122 valence electrons. The van der Waals surface area contributed by atoms with E-state index in [2.05, 4.69) is 0 Å². The second-order valence-corrected chi connectivity index (χ2v) is 5.39. The molecule has 5 nitrogen and oxygen atoms in total. The average molecular weight is 336 g/mol. The van der Waals surface area contributed by atoms with Gasteiger partial charge in [0.25, 0.3) is 0 Å². The van der Waals surface area contributed by atoms with Crippen molar-refractivity contribution in [2.75, 3.05) is 5.06 Å². The van der Waals surface area contributed by atoms with Gasteiger partial charge in [0.05, 0.1) is 5.69 Å². The quantitative estimate of drug-likeness (QED) is 0.647. The normalized spacial score (nSPS) is 13.0. The highest BCUT2D eigenvalue weighted by Gasteiger charge is 2.28. The van der Waals surface area contributed by atoms with Gasteiger partial charge in [-0.05, 0) is 37.3 Å². The number of hydrogen-bond acceptors (Lipinski definition) is 5. The van der Waals surface area contributed by atoms with Gasteiger partial charge < -0.3 is 14.7 Å². The number of para-hydroxylation sites is 1. The number of aliphatic hydroxyl groups is 1. The fraction of sp³-hybridized carbons (Fsp3) is 0.235. The van der Waals surface area contributed by atoms with E-state index in [1.54, 1.807) is 55.5 Å². The summed E-state index contributed by atoms with van der Waals surface area (Å²) in [6.07, 6.45) is -1.87. The van der Waals surface area contributed by atoms with Gasteiger partial charge in [-0.3, -0.25) is 4.79 Å². The van der Waals surface area contributed by atoms with Crippen LogP contribution in [-0.4, -0.2) is 23.4 Å². The van der Waals surface area contributed by atoms with Gasteiger partial charge in [-0.1, -0.05) is 35.9 Å². The van der Waals surface area contributed by atoms with Crippen molar-refractivity contribution in [3.63, 3.8) is 0 Å². The van der Waals surface area contributed by atoms with Crippen LogP contribution in [0.25, 0.3) is 0 Å². The fourth-order valence-electron chi connectivity index (χ4n) is 1.99. The van der Waals surface area contributed by atoms with Crippen LogP contribution in [0.2, 0.25) is 5.02 Å². The van der Waals surface area contributed by atoms with Crippen LogP contribution in [0.4, 0.5) is 5.69 Å². The van der Waals surface area contributed by atoms with Gasteiger partial charge in [0, 0.05) is 11.9 Å². The second kappa shape index (κ2) is 7.85. The van der Waals surface area contributed by atoms with Crippen molar-refractivity contribution in [1.82, 2.24) is 0 Å². The standard InChI is InChI=1S/C17H18ClNO4/c1-12(20)17(22-16-10-6-7-14(18)11-16)19(23-13(2)21)15-8-4-3-5-9-15/h3-12,17,20H,1-2H3. The largest absolute Gasteiger partial charge is 0.465 e. The Morgan fingerprint density at radius 1 is 1.17 bits per heavy atom. The van der Waals surface area contributed by atoms with Crippen molar-refractivity contribution >= 4 is 23.3 Å². The summed E-state index contributed by atoms with van der Waals surface area (Å²) in [6.45, 7) is 2.84. The van der Waals surface area contributed by atoms with Gasteiger partial charge >= 0.3 is 5.97 Å². The molecular formula is C17H18ClNO4. The maximum Gasteiger partial charge on any atom is 0.329 e. The van der Waals surface area contributed by atoms with Crippen LogP contribution >= 0.6 is 11.6 Å². The van der Waals surface area contributed by atoms with Crippen molar-refractivity contribution in [2.45, 2.75) is 26.2 Å². The van der Waals surface area contributed by atoms with Crippen molar-refractivity contribution in [3.05, 3.63) is 59.6 Å². The molecule has 0 aliphatic carbocycles. The molecule has 0 radical (unpaired) electrons. The Morgan fingerprint density at radius 2 is 1.87 bits per heavy atom. The Labute approximate surface area is 140 Å². The monoisotopic (exact) mass is 335 g/mol. The van der Waals surface area contributed by atoms with E-state index >= 15 is 0 Å². The Bertz CT molecular complexity index is 648. The van der Waals surface area contributed by atoms with Gasteiger partial charge in [-0.15, -0.1) is 0 Å².